The molecule has 0 radical (unpaired) electrons. The highest BCUT2D eigenvalue weighted by Gasteiger charge is 2.26. The number of hydrogen-bond acceptors (Lipinski definition) is 3. The molecule has 5 heteroatoms. The lowest BCUT2D eigenvalue weighted by Gasteiger charge is -2.30. The van der Waals surface area contributed by atoms with Gasteiger partial charge in [-0.15, -0.1) is 0 Å². The maximum atomic E-state index is 12.4. The molecule has 0 fully saturated rings. The molecule has 3 rings (SSSR count). The Morgan fingerprint density at radius 1 is 1.20 bits per heavy atom. The molecule has 5 nitrogen and oxygen atoms in total. The second-order valence-corrected chi connectivity index (χ2v) is 6.56. The van der Waals surface area contributed by atoms with E-state index in [2.05, 4.69) is 5.32 Å². The van der Waals surface area contributed by atoms with Crippen LogP contribution >= 0.6 is 0 Å². The molecule has 0 saturated carbocycles. The summed E-state index contributed by atoms with van der Waals surface area (Å²) in [6.45, 7) is 6.30. The van der Waals surface area contributed by atoms with Crippen molar-refractivity contribution in [1.82, 2.24) is 5.32 Å². The summed E-state index contributed by atoms with van der Waals surface area (Å²) in [7, 11) is 0. The molecule has 2 amide bonds. The first kappa shape index (κ1) is 17.0. The molecule has 130 valence electrons. The zero-order valence-electron chi connectivity index (χ0n) is 14.7. The Labute approximate surface area is 147 Å². The first-order valence-corrected chi connectivity index (χ1v) is 8.37. The quantitative estimate of drug-likeness (QED) is 0.932. The van der Waals surface area contributed by atoms with Crippen molar-refractivity contribution in [1.29, 1.82) is 0 Å². The molecular weight excluding hydrogens is 316 g/mol. The standard InChI is InChI=1S/C20H22N2O3/c1-13(2)21-20(24)16-8-9-18-17(10-16)22(19(23)12-25-18)11-15-6-4-14(3)5-7-15/h4-10,13H,11-12H2,1-3H3,(H,21,24). The second-order valence-electron chi connectivity index (χ2n) is 6.56. The summed E-state index contributed by atoms with van der Waals surface area (Å²) in [6.07, 6.45) is 0. The molecule has 2 aromatic rings. The van der Waals surface area contributed by atoms with Gasteiger partial charge < -0.3 is 15.0 Å². The number of ether oxygens (including phenoxy) is 1. The van der Waals surface area contributed by atoms with Crippen molar-refractivity contribution in [3.63, 3.8) is 0 Å². The number of aryl methyl sites for hydroxylation is 1. The van der Waals surface area contributed by atoms with Gasteiger partial charge in [-0.25, -0.2) is 0 Å². The van der Waals surface area contributed by atoms with Gasteiger partial charge in [0.05, 0.1) is 12.2 Å². The third kappa shape index (κ3) is 3.82. The smallest absolute Gasteiger partial charge is 0.265 e. The second kappa shape index (κ2) is 6.97. The van der Waals surface area contributed by atoms with Crippen LogP contribution in [0.1, 0.15) is 35.3 Å². The average Bonchev–Trinajstić information content (AvgIpc) is 2.58. The van der Waals surface area contributed by atoms with Crippen molar-refractivity contribution in [3.8, 4) is 5.75 Å². The van der Waals surface area contributed by atoms with Gasteiger partial charge in [0.25, 0.3) is 11.8 Å². The van der Waals surface area contributed by atoms with Crippen molar-refractivity contribution in [2.45, 2.75) is 33.4 Å². The van der Waals surface area contributed by atoms with Gasteiger partial charge in [-0.1, -0.05) is 29.8 Å². The predicted octanol–water partition coefficient (Wildman–Crippen LogP) is 3.06. The van der Waals surface area contributed by atoms with Crippen LogP contribution in [0, 0.1) is 6.92 Å². The van der Waals surface area contributed by atoms with Crippen molar-refractivity contribution in [2.24, 2.45) is 0 Å². The lowest BCUT2D eigenvalue weighted by molar-refractivity contribution is -0.121. The van der Waals surface area contributed by atoms with Gasteiger partial charge in [0.2, 0.25) is 0 Å². The minimum Gasteiger partial charge on any atom is -0.482 e. The minimum atomic E-state index is -0.161. The zero-order valence-corrected chi connectivity index (χ0v) is 14.7. The Balaban J connectivity index is 1.91. The van der Waals surface area contributed by atoms with Crippen molar-refractivity contribution in [2.75, 3.05) is 11.5 Å². The van der Waals surface area contributed by atoms with Crippen LogP contribution in [0.5, 0.6) is 5.75 Å². The van der Waals surface area contributed by atoms with Crippen LogP contribution in [0.4, 0.5) is 5.69 Å². The van der Waals surface area contributed by atoms with Gasteiger partial charge in [0, 0.05) is 11.6 Å². The van der Waals surface area contributed by atoms with Gasteiger partial charge in [0.15, 0.2) is 6.61 Å². The number of rotatable bonds is 4. The van der Waals surface area contributed by atoms with E-state index in [1.807, 2.05) is 45.0 Å². The number of carbonyl (C=O) groups excluding carboxylic acids is 2. The molecule has 2 aromatic carbocycles. The SMILES string of the molecule is Cc1ccc(CN2C(=O)COc3ccc(C(=O)NC(C)C)cc32)cc1. The van der Waals surface area contributed by atoms with E-state index in [1.54, 1.807) is 23.1 Å². The van der Waals surface area contributed by atoms with E-state index in [-0.39, 0.29) is 24.5 Å². The van der Waals surface area contributed by atoms with Crippen LogP contribution in [0.2, 0.25) is 0 Å². The number of anilines is 1. The van der Waals surface area contributed by atoms with Crippen LogP contribution in [-0.2, 0) is 11.3 Å². The van der Waals surface area contributed by atoms with Crippen molar-refractivity contribution >= 4 is 17.5 Å². The molecule has 0 saturated heterocycles. The van der Waals surface area contributed by atoms with E-state index in [1.165, 1.54) is 5.56 Å². The van der Waals surface area contributed by atoms with Gasteiger partial charge in [0.1, 0.15) is 5.75 Å². The summed E-state index contributed by atoms with van der Waals surface area (Å²) in [6, 6.07) is 13.3. The highest BCUT2D eigenvalue weighted by atomic mass is 16.5. The van der Waals surface area contributed by atoms with Gasteiger partial charge in [-0.05, 0) is 44.5 Å². The van der Waals surface area contributed by atoms with Crippen LogP contribution in [0.3, 0.4) is 0 Å². The summed E-state index contributed by atoms with van der Waals surface area (Å²) in [4.78, 5) is 26.3. The van der Waals surface area contributed by atoms with Gasteiger partial charge in [-0.2, -0.15) is 0 Å². The fourth-order valence-corrected chi connectivity index (χ4v) is 2.74. The molecule has 1 aliphatic heterocycles. The molecule has 0 spiro atoms. The van der Waals surface area contributed by atoms with Gasteiger partial charge >= 0.3 is 0 Å². The van der Waals surface area contributed by atoms with E-state index in [0.29, 0.717) is 23.5 Å². The maximum Gasteiger partial charge on any atom is 0.265 e. The molecule has 0 atom stereocenters. The Hall–Kier alpha value is -2.82. The summed E-state index contributed by atoms with van der Waals surface area (Å²) < 4.78 is 5.52. The molecule has 1 heterocycles. The van der Waals surface area contributed by atoms with Crippen molar-refractivity contribution < 1.29 is 14.3 Å². The number of amides is 2. The molecular formula is C20H22N2O3. The van der Waals surface area contributed by atoms with Crippen LogP contribution in [0.15, 0.2) is 42.5 Å². The maximum absolute atomic E-state index is 12.4. The fraction of sp³-hybridized carbons (Fsp3) is 0.300. The van der Waals surface area contributed by atoms with E-state index < -0.39 is 0 Å². The fourth-order valence-electron chi connectivity index (χ4n) is 2.74. The third-order valence-corrected chi connectivity index (χ3v) is 4.05. The molecule has 1 aliphatic rings. The Bertz CT molecular complexity index is 797. The summed E-state index contributed by atoms with van der Waals surface area (Å²) >= 11 is 0. The van der Waals surface area contributed by atoms with Crippen LogP contribution in [0.25, 0.3) is 0 Å². The monoisotopic (exact) mass is 338 g/mol. The number of carbonyl (C=O) groups is 2. The highest BCUT2D eigenvalue weighted by molar-refractivity contribution is 6.01. The number of hydrogen-bond donors (Lipinski definition) is 1. The minimum absolute atomic E-state index is 0.0103. The lowest BCUT2D eigenvalue weighted by Crippen LogP contribution is -2.38. The van der Waals surface area contributed by atoms with E-state index in [0.717, 1.165) is 5.56 Å². The molecule has 0 aliphatic carbocycles. The normalized spacial score (nSPS) is 13.4. The van der Waals surface area contributed by atoms with Gasteiger partial charge in [-0.3, -0.25) is 9.59 Å². The summed E-state index contributed by atoms with van der Waals surface area (Å²) in [5, 5.41) is 2.86. The van der Waals surface area contributed by atoms with Crippen LogP contribution in [-0.4, -0.2) is 24.5 Å². The highest BCUT2D eigenvalue weighted by Crippen LogP contribution is 2.34. The molecule has 25 heavy (non-hydrogen) atoms. The lowest BCUT2D eigenvalue weighted by atomic mass is 10.1. The van der Waals surface area contributed by atoms with E-state index in [4.69, 9.17) is 4.74 Å². The number of nitrogens with zero attached hydrogens (tertiary/aromatic N) is 1. The van der Waals surface area contributed by atoms with E-state index in [9.17, 15) is 9.59 Å². The van der Waals surface area contributed by atoms with Crippen LogP contribution < -0.4 is 15.0 Å². The number of nitrogens with one attached hydrogen (secondary N) is 1. The Kier molecular flexibility index (Phi) is 4.74. The molecule has 0 bridgehead atoms. The summed E-state index contributed by atoms with van der Waals surface area (Å²) in [5.74, 6) is 0.341. The number of benzene rings is 2. The molecule has 0 unspecified atom stereocenters. The average molecular weight is 338 g/mol. The molecule has 1 N–H and O–H groups in total. The topological polar surface area (TPSA) is 58.6 Å². The first-order chi connectivity index (χ1) is 11.9. The third-order valence-electron chi connectivity index (χ3n) is 4.05. The van der Waals surface area contributed by atoms with Crippen molar-refractivity contribution in [3.05, 3.63) is 59.2 Å². The largest absolute Gasteiger partial charge is 0.482 e. The number of fused-ring (bicyclic) bond motifs is 1. The molecule has 0 aromatic heterocycles. The summed E-state index contributed by atoms with van der Waals surface area (Å²) in [5.41, 5.74) is 3.35. The Morgan fingerprint density at radius 3 is 2.60 bits per heavy atom. The first-order valence-electron chi connectivity index (χ1n) is 8.37. The van der Waals surface area contributed by atoms with E-state index >= 15 is 0 Å². The Morgan fingerprint density at radius 2 is 1.92 bits per heavy atom. The predicted molar refractivity (Wildman–Crippen MR) is 96.9 cm³/mol. The zero-order chi connectivity index (χ0) is 18.0.